The van der Waals surface area contributed by atoms with Crippen molar-refractivity contribution in [2.75, 3.05) is 0 Å². The molecule has 0 heterocycles. The molecule has 1 aliphatic carbocycles. The van der Waals surface area contributed by atoms with Crippen LogP contribution in [0.1, 0.15) is 28.3 Å². The van der Waals surface area contributed by atoms with Crippen molar-refractivity contribution in [2.45, 2.75) is 31.9 Å². The lowest BCUT2D eigenvalue weighted by atomic mass is 10.0. The predicted molar refractivity (Wildman–Crippen MR) is 88.6 cm³/mol. The van der Waals surface area contributed by atoms with Crippen LogP contribution in [0.2, 0.25) is 0 Å². The SMILES string of the molecule is Cc1c(CC(=O)NC2c3ccccc3CC2O)cccc1[N+](=O)[O-]. The fourth-order valence-electron chi connectivity index (χ4n) is 3.20. The second-order valence-corrected chi connectivity index (χ2v) is 6.01. The van der Waals surface area contributed by atoms with Crippen LogP contribution >= 0.6 is 0 Å². The first kappa shape index (κ1) is 16.1. The van der Waals surface area contributed by atoms with Gasteiger partial charge >= 0.3 is 0 Å². The average molecular weight is 326 g/mol. The molecular formula is C18H18N2O4. The number of nitro groups is 1. The van der Waals surface area contributed by atoms with E-state index in [2.05, 4.69) is 5.32 Å². The molecule has 0 saturated carbocycles. The fourth-order valence-corrected chi connectivity index (χ4v) is 3.20. The first-order chi connectivity index (χ1) is 11.5. The second kappa shape index (κ2) is 6.41. The summed E-state index contributed by atoms with van der Waals surface area (Å²) in [5.41, 5.74) is 3.06. The molecule has 0 radical (unpaired) electrons. The second-order valence-electron chi connectivity index (χ2n) is 6.01. The largest absolute Gasteiger partial charge is 0.390 e. The molecule has 0 fully saturated rings. The third-order valence-electron chi connectivity index (χ3n) is 4.49. The zero-order chi connectivity index (χ0) is 17.3. The summed E-state index contributed by atoms with van der Waals surface area (Å²) in [6, 6.07) is 11.9. The van der Waals surface area contributed by atoms with E-state index in [1.165, 1.54) is 6.07 Å². The van der Waals surface area contributed by atoms with E-state index in [4.69, 9.17) is 0 Å². The molecule has 0 aromatic heterocycles. The monoisotopic (exact) mass is 326 g/mol. The van der Waals surface area contributed by atoms with E-state index in [0.717, 1.165) is 11.1 Å². The third kappa shape index (κ3) is 3.00. The number of aliphatic hydroxyl groups is 1. The highest BCUT2D eigenvalue weighted by Crippen LogP contribution is 2.31. The van der Waals surface area contributed by atoms with Gasteiger partial charge in [0.25, 0.3) is 5.69 Å². The van der Waals surface area contributed by atoms with E-state index in [9.17, 15) is 20.0 Å². The molecule has 3 rings (SSSR count). The standard InChI is InChI=1S/C18H18N2O4/c1-11-12(6-4-8-15(11)20(23)24)10-17(22)19-18-14-7-3-2-5-13(14)9-16(18)21/h2-8,16,18,21H,9-10H2,1H3,(H,19,22). The van der Waals surface area contributed by atoms with Crippen molar-refractivity contribution in [3.63, 3.8) is 0 Å². The summed E-state index contributed by atoms with van der Waals surface area (Å²) >= 11 is 0. The summed E-state index contributed by atoms with van der Waals surface area (Å²) in [6.07, 6.45) is -0.104. The summed E-state index contributed by atoms with van der Waals surface area (Å²) in [4.78, 5) is 22.9. The van der Waals surface area contributed by atoms with Gasteiger partial charge in [0.1, 0.15) is 0 Å². The minimum atomic E-state index is -0.655. The van der Waals surface area contributed by atoms with Crippen molar-refractivity contribution < 1.29 is 14.8 Å². The summed E-state index contributed by atoms with van der Waals surface area (Å²) in [5, 5.41) is 24.0. The number of fused-ring (bicyclic) bond motifs is 1. The summed E-state index contributed by atoms with van der Waals surface area (Å²) in [6.45, 7) is 1.64. The van der Waals surface area contributed by atoms with Crippen LogP contribution in [0, 0.1) is 17.0 Å². The Morgan fingerprint density at radius 3 is 2.79 bits per heavy atom. The fraction of sp³-hybridized carbons (Fsp3) is 0.278. The molecule has 2 aromatic rings. The van der Waals surface area contributed by atoms with Crippen molar-refractivity contribution in [1.29, 1.82) is 0 Å². The lowest BCUT2D eigenvalue weighted by Gasteiger charge is -2.18. The Balaban J connectivity index is 1.75. The molecule has 24 heavy (non-hydrogen) atoms. The van der Waals surface area contributed by atoms with Gasteiger partial charge in [0.05, 0.1) is 23.5 Å². The van der Waals surface area contributed by atoms with Crippen molar-refractivity contribution in [1.82, 2.24) is 5.32 Å². The lowest BCUT2D eigenvalue weighted by molar-refractivity contribution is -0.385. The smallest absolute Gasteiger partial charge is 0.272 e. The van der Waals surface area contributed by atoms with Gasteiger partial charge in [-0.25, -0.2) is 0 Å². The number of nitrogens with one attached hydrogen (secondary N) is 1. The number of hydrogen-bond donors (Lipinski definition) is 2. The number of amides is 1. The maximum Gasteiger partial charge on any atom is 0.272 e. The molecule has 2 N–H and O–H groups in total. The molecule has 2 atom stereocenters. The van der Waals surface area contributed by atoms with Crippen LogP contribution in [-0.2, 0) is 17.6 Å². The Kier molecular flexibility index (Phi) is 4.31. The van der Waals surface area contributed by atoms with Gasteiger partial charge in [-0.2, -0.15) is 0 Å². The van der Waals surface area contributed by atoms with Gasteiger partial charge in [-0.3, -0.25) is 14.9 Å². The molecule has 0 bridgehead atoms. The molecule has 1 aliphatic rings. The molecule has 2 aromatic carbocycles. The lowest BCUT2D eigenvalue weighted by Crippen LogP contribution is -2.34. The maximum absolute atomic E-state index is 12.4. The highest BCUT2D eigenvalue weighted by atomic mass is 16.6. The van der Waals surface area contributed by atoms with E-state index in [1.54, 1.807) is 19.1 Å². The highest BCUT2D eigenvalue weighted by molar-refractivity contribution is 5.80. The van der Waals surface area contributed by atoms with Gasteiger partial charge in [0, 0.05) is 18.1 Å². The van der Waals surface area contributed by atoms with Gasteiger partial charge in [-0.1, -0.05) is 36.4 Å². The van der Waals surface area contributed by atoms with Crippen LogP contribution in [0.5, 0.6) is 0 Å². The number of aliphatic hydroxyl groups excluding tert-OH is 1. The van der Waals surface area contributed by atoms with E-state index in [1.807, 2.05) is 24.3 Å². The van der Waals surface area contributed by atoms with Crippen molar-refractivity contribution >= 4 is 11.6 Å². The topological polar surface area (TPSA) is 92.5 Å². The molecule has 0 saturated heterocycles. The number of carbonyl (C=O) groups excluding carboxylic acids is 1. The van der Waals surface area contributed by atoms with Crippen LogP contribution < -0.4 is 5.32 Å². The minimum absolute atomic E-state index is 0.00606. The molecule has 0 spiro atoms. The summed E-state index contributed by atoms with van der Waals surface area (Å²) in [7, 11) is 0. The Bertz CT molecular complexity index is 803. The van der Waals surface area contributed by atoms with E-state index in [-0.39, 0.29) is 18.0 Å². The van der Waals surface area contributed by atoms with Crippen LogP contribution in [-0.4, -0.2) is 22.0 Å². The molecule has 124 valence electrons. The van der Waals surface area contributed by atoms with Gasteiger partial charge in [-0.05, 0) is 23.6 Å². The molecule has 6 nitrogen and oxygen atoms in total. The maximum atomic E-state index is 12.4. The van der Waals surface area contributed by atoms with Crippen LogP contribution in [0.25, 0.3) is 0 Å². The van der Waals surface area contributed by atoms with E-state index >= 15 is 0 Å². The number of benzene rings is 2. The predicted octanol–water partition coefficient (Wildman–Crippen LogP) is 2.22. The van der Waals surface area contributed by atoms with Crippen LogP contribution in [0.3, 0.4) is 0 Å². The van der Waals surface area contributed by atoms with Crippen molar-refractivity contribution in [3.05, 3.63) is 74.8 Å². The highest BCUT2D eigenvalue weighted by Gasteiger charge is 2.31. The Morgan fingerprint density at radius 1 is 1.29 bits per heavy atom. The third-order valence-corrected chi connectivity index (χ3v) is 4.49. The van der Waals surface area contributed by atoms with Crippen molar-refractivity contribution in [2.24, 2.45) is 0 Å². The molecule has 0 aliphatic heterocycles. The number of hydrogen-bond acceptors (Lipinski definition) is 4. The van der Waals surface area contributed by atoms with Gasteiger partial charge in [0.2, 0.25) is 5.91 Å². The molecule has 6 heteroatoms. The number of rotatable bonds is 4. The molecule has 2 unspecified atom stereocenters. The number of nitro benzene ring substituents is 1. The number of carbonyl (C=O) groups is 1. The first-order valence-electron chi connectivity index (χ1n) is 7.75. The van der Waals surface area contributed by atoms with Gasteiger partial charge in [-0.15, -0.1) is 0 Å². The zero-order valence-corrected chi connectivity index (χ0v) is 13.2. The first-order valence-corrected chi connectivity index (χ1v) is 7.75. The zero-order valence-electron chi connectivity index (χ0n) is 13.2. The minimum Gasteiger partial charge on any atom is -0.390 e. The van der Waals surface area contributed by atoms with E-state index in [0.29, 0.717) is 17.5 Å². The quantitative estimate of drug-likeness (QED) is 0.665. The number of nitrogens with zero attached hydrogens (tertiary/aromatic N) is 1. The van der Waals surface area contributed by atoms with Gasteiger partial charge < -0.3 is 10.4 Å². The van der Waals surface area contributed by atoms with E-state index < -0.39 is 17.1 Å². The van der Waals surface area contributed by atoms with Crippen LogP contribution in [0.4, 0.5) is 5.69 Å². The Hall–Kier alpha value is -2.73. The van der Waals surface area contributed by atoms with Gasteiger partial charge in [0.15, 0.2) is 0 Å². The normalized spacial score (nSPS) is 18.9. The summed E-state index contributed by atoms with van der Waals surface area (Å²) < 4.78 is 0. The Morgan fingerprint density at radius 2 is 2.04 bits per heavy atom. The average Bonchev–Trinajstić information content (AvgIpc) is 2.85. The summed E-state index contributed by atoms with van der Waals surface area (Å²) in [5.74, 6) is -0.264. The molecule has 1 amide bonds. The molecular weight excluding hydrogens is 308 g/mol. The van der Waals surface area contributed by atoms with Crippen molar-refractivity contribution in [3.8, 4) is 0 Å². The Labute approximate surface area is 139 Å². The van der Waals surface area contributed by atoms with Crippen LogP contribution in [0.15, 0.2) is 42.5 Å².